The maximum absolute atomic E-state index is 9.14. The van der Waals surface area contributed by atoms with Gasteiger partial charge in [0.2, 0.25) is 0 Å². The van der Waals surface area contributed by atoms with Crippen molar-refractivity contribution in [3.63, 3.8) is 0 Å². The Hall–Kier alpha value is -0.510. The summed E-state index contributed by atoms with van der Waals surface area (Å²) >= 11 is 0. The van der Waals surface area contributed by atoms with Crippen molar-refractivity contribution in [2.24, 2.45) is 16.7 Å². The van der Waals surface area contributed by atoms with E-state index >= 15 is 0 Å². The van der Waals surface area contributed by atoms with E-state index in [1.807, 2.05) is 0 Å². The van der Waals surface area contributed by atoms with Crippen LogP contribution < -0.4 is 0 Å². The lowest BCUT2D eigenvalue weighted by atomic mass is 9.51. The first-order chi connectivity index (χ1) is 6.13. The molecular formula is C12H19N. The Labute approximate surface area is 81.1 Å². The van der Waals surface area contributed by atoms with Crippen LogP contribution in [-0.2, 0) is 0 Å². The van der Waals surface area contributed by atoms with Gasteiger partial charge in [-0.15, -0.1) is 0 Å². The van der Waals surface area contributed by atoms with Gasteiger partial charge in [-0.3, -0.25) is 0 Å². The minimum Gasteiger partial charge on any atom is -0.198 e. The van der Waals surface area contributed by atoms with Gasteiger partial charge in [0.1, 0.15) is 0 Å². The summed E-state index contributed by atoms with van der Waals surface area (Å²) in [5.41, 5.74) is 0.704. The summed E-state index contributed by atoms with van der Waals surface area (Å²) in [7, 11) is 0. The molecule has 3 aliphatic rings. The Morgan fingerprint density at radius 1 is 1.00 bits per heavy atom. The molecule has 3 fully saturated rings. The van der Waals surface area contributed by atoms with Gasteiger partial charge in [-0.1, -0.05) is 13.8 Å². The van der Waals surface area contributed by atoms with Crippen molar-refractivity contribution in [1.29, 1.82) is 5.26 Å². The molecular weight excluding hydrogens is 158 g/mol. The second kappa shape index (κ2) is 2.74. The maximum Gasteiger partial charge on any atom is 0.0689 e. The van der Waals surface area contributed by atoms with Gasteiger partial charge in [-0.25, -0.2) is 0 Å². The van der Waals surface area contributed by atoms with Crippen LogP contribution in [0, 0.1) is 28.1 Å². The molecule has 0 unspecified atom stereocenters. The third-order valence-electron chi connectivity index (χ3n) is 4.77. The second-order valence-corrected chi connectivity index (χ2v) is 5.41. The van der Waals surface area contributed by atoms with E-state index in [1.165, 1.54) is 38.5 Å². The first-order valence-corrected chi connectivity index (χ1v) is 5.54. The summed E-state index contributed by atoms with van der Waals surface area (Å²) in [5.74, 6) is 0.810. The summed E-state index contributed by atoms with van der Waals surface area (Å²) in [6, 6.07) is 2.56. The first kappa shape index (κ1) is 9.06. The highest BCUT2D eigenvalue weighted by atomic mass is 14.5. The molecule has 0 radical (unpaired) electrons. The molecule has 0 atom stereocenters. The van der Waals surface area contributed by atoms with Gasteiger partial charge in [0.15, 0.2) is 0 Å². The molecule has 0 N–H and O–H groups in total. The van der Waals surface area contributed by atoms with E-state index in [1.54, 1.807) is 0 Å². The van der Waals surface area contributed by atoms with E-state index in [4.69, 9.17) is 5.26 Å². The average molecular weight is 177 g/mol. The van der Waals surface area contributed by atoms with Crippen LogP contribution in [0.4, 0.5) is 0 Å². The molecule has 0 aromatic carbocycles. The molecule has 13 heavy (non-hydrogen) atoms. The normalized spacial score (nSPS) is 43.5. The molecule has 0 spiro atoms. The SMILES string of the molecule is CC(C)C12CCC(C#N)(CC1)CC2. The summed E-state index contributed by atoms with van der Waals surface area (Å²) in [6.45, 7) is 4.70. The smallest absolute Gasteiger partial charge is 0.0689 e. The molecule has 0 aromatic rings. The van der Waals surface area contributed by atoms with Crippen molar-refractivity contribution in [2.45, 2.75) is 52.4 Å². The minimum atomic E-state index is 0.0939. The minimum absolute atomic E-state index is 0.0939. The number of rotatable bonds is 1. The van der Waals surface area contributed by atoms with Crippen LogP contribution in [0.3, 0.4) is 0 Å². The largest absolute Gasteiger partial charge is 0.198 e. The van der Waals surface area contributed by atoms with E-state index in [-0.39, 0.29) is 5.41 Å². The number of hydrogen-bond acceptors (Lipinski definition) is 1. The van der Waals surface area contributed by atoms with Crippen LogP contribution in [0.5, 0.6) is 0 Å². The predicted molar refractivity (Wildman–Crippen MR) is 53.0 cm³/mol. The van der Waals surface area contributed by atoms with Crippen LogP contribution in [-0.4, -0.2) is 0 Å². The van der Waals surface area contributed by atoms with E-state index < -0.39 is 0 Å². The Kier molecular flexibility index (Phi) is 1.91. The zero-order valence-corrected chi connectivity index (χ0v) is 8.77. The molecule has 72 valence electrons. The first-order valence-electron chi connectivity index (χ1n) is 5.54. The molecule has 0 amide bonds. The second-order valence-electron chi connectivity index (χ2n) is 5.41. The van der Waals surface area contributed by atoms with Crippen LogP contribution in [0.15, 0.2) is 0 Å². The van der Waals surface area contributed by atoms with Gasteiger partial charge in [0.25, 0.3) is 0 Å². The molecule has 3 rings (SSSR count). The standard InChI is InChI=1S/C12H19N/c1-10(2)12-6-3-11(9-13,4-7-12)5-8-12/h10H,3-8H2,1-2H3. The zero-order chi connectivity index (χ0) is 9.53. The van der Waals surface area contributed by atoms with Gasteiger partial charge < -0.3 is 0 Å². The van der Waals surface area contributed by atoms with Crippen molar-refractivity contribution < 1.29 is 0 Å². The van der Waals surface area contributed by atoms with E-state index in [0.717, 1.165) is 5.92 Å². The van der Waals surface area contributed by atoms with Crippen LogP contribution in [0.2, 0.25) is 0 Å². The topological polar surface area (TPSA) is 23.8 Å². The molecule has 0 aliphatic heterocycles. The Balaban J connectivity index is 2.17. The van der Waals surface area contributed by atoms with Gasteiger partial charge in [-0.05, 0) is 49.9 Å². The number of fused-ring (bicyclic) bond motifs is 3. The number of nitriles is 1. The Morgan fingerprint density at radius 3 is 1.77 bits per heavy atom. The molecule has 0 saturated heterocycles. The fourth-order valence-electron chi connectivity index (χ4n) is 3.25. The number of hydrogen-bond donors (Lipinski definition) is 0. The third-order valence-corrected chi connectivity index (χ3v) is 4.77. The summed E-state index contributed by atoms with van der Waals surface area (Å²) < 4.78 is 0. The maximum atomic E-state index is 9.14. The third kappa shape index (κ3) is 1.19. The van der Waals surface area contributed by atoms with Gasteiger partial charge in [0, 0.05) is 0 Å². The van der Waals surface area contributed by atoms with Crippen molar-refractivity contribution in [2.75, 3.05) is 0 Å². The molecule has 1 nitrogen and oxygen atoms in total. The molecule has 0 heterocycles. The van der Waals surface area contributed by atoms with Crippen LogP contribution in [0.25, 0.3) is 0 Å². The molecule has 2 bridgehead atoms. The highest BCUT2D eigenvalue weighted by molar-refractivity contribution is 5.09. The quantitative estimate of drug-likeness (QED) is 0.601. The van der Waals surface area contributed by atoms with Crippen molar-refractivity contribution in [3.8, 4) is 6.07 Å². The van der Waals surface area contributed by atoms with Crippen molar-refractivity contribution in [1.82, 2.24) is 0 Å². The fourth-order valence-corrected chi connectivity index (χ4v) is 3.25. The summed E-state index contributed by atoms with van der Waals surface area (Å²) in [4.78, 5) is 0. The van der Waals surface area contributed by atoms with Crippen LogP contribution in [0.1, 0.15) is 52.4 Å². The van der Waals surface area contributed by atoms with E-state index in [0.29, 0.717) is 5.41 Å². The lowest BCUT2D eigenvalue weighted by Gasteiger charge is -2.52. The highest BCUT2D eigenvalue weighted by Crippen LogP contribution is 2.59. The molecule has 1 heteroatoms. The van der Waals surface area contributed by atoms with Crippen LogP contribution >= 0.6 is 0 Å². The molecule has 3 aliphatic carbocycles. The van der Waals surface area contributed by atoms with E-state index in [9.17, 15) is 0 Å². The van der Waals surface area contributed by atoms with Gasteiger partial charge in [-0.2, -0.15) is 5.26 Å². The molecule has 0 aromatic heterocycles. The van der Waals surface area contributed by atoms with Crippen molar-refractivity contribution in [3.05, 3.63) is 0 Å². The predicted octanol–water partition coefficient (Wildman–Crippen LogP) is 3.51. The highest BCUT2D eigenvalue weighted by Gasteiger charge is 2.49. The Bertz CT molecular complexity index is 222. The fraction of sp³-hybridized carbons (Fsp3) is 0.917. The Morgan fingerprint density at radius 2 is 1.46 bits per heavy atom. The lowest BCUT2D eigenvalue weighted by Crippen LogP contribution is -2.43. The van der Waals surface area contributed by atoms with Crippen molar-refractivity contribution >= 4 is 0 Å². The monoisotopic (exact) mass is 177 g/mol. The van der Waals surface area contributed by atoms with Gasteiger partial charge in [0.05, 0.1) is 11.5 Å². The summed E-state index contributed by atoms with van der Waals surface area (Å²) in [6.07, 6.45) is 7.42. The van der Waals surface area contributed by atoms with Gasteiger partial charge >= 0.3 is 0 Å². The lowest BCUT2D eigenvalue weighted by molar-refractivity contribution is -0.00962. The zero-order valence-electron chi connectivity index (χ0n) is 8.77. The average Bonchev–Trinajstić information content (AvgIpc) is 2.20. The van der Waals surface area contributed by atoms with E-state index in [2.05, 4.69) is 19.9 Å². The summed E-state index contributed by atoms with van der Waals surface area (Å²) in [5, 5.41) is 9.14. The molecule has 3 saturated carbocycles. The number of nitrogens with zero attached hydrogens (tertiary/aromatic N) is 1.